The summed E-state index contributed by atoms with van der Waals surface area (Å²) in [5.41, 5.74) is 2.59. The maximum atomic E-state index is 12.6. The fourth-order valence-corrected chi connectivity index (χ4v) is 4.57. The Balaban J connectivity index is 1.37. The van der Waals surface area contributed by atoms with Crippen molar-refractivity contribution < 1.29 is 13.2 Å². The maximum Gasteiger partial charge on any atom is 0.236 e. The van der Waals surface area contributed by atoms with Crippen LogP contribution >= 0.6 is 0 Å². The van der Waals surface area contributed by atoms with Crippen LogP contribution in [0.2, 0.25) is 0 Å². The molecule has 31 heavy (non-hydrogen) atoms. The number of methoxy groups -OCH3 is 1. The Kier molecular flexibility index (Phi) is 6.29. The average molecular weight is 437 g/mol. The third-order valence-corrected chi connectivity index (χ3v) is 6.76. The molecule has 0 aliphatic carbocycles. The summed E-state index contributed by atoms with van der Waals surface area (Å²) in [5.74, 6) is 1.54. The predicted molar refractivity (Wildman–Crippen MR) is 122 cm³/mol. The van der Waals surface area contributed by atoms with Crippen LogP contribution in [0.25, 0.3) is 17.3 Å². The van der Waals surface area contributed by atoms with Gasteiger partial charge in [0.1, 0.15) is 5.75 Å². The lowest BCUT2D eigenvalue weighted by atomic mass is 10.1. The van der Waals surface area contributed by atoms with Crippen LogP contribution in [-0.2, 0) is 10.0 Å². The molecule has 0 N–H and O–H groups in total. The van der Waals surface area contributed by atoms with E-state index in [2.05, 4.69) is 15.1 Å². The van der Waals surface area contributed by atoms with Crippen LogP contribution < -0.4 is 9.64 Å². The van der Waals surface area contributed by atoms with Gasteiger partial charge in [0.25, 0.3) is 0 Å². The second-order valence-corrected chi connectivity index (χ2v) is 8.97. The van der Waals surface area contributed by atoms with Crippen molar-refractivity contribution in [1.29, 1.82) is 0 Å². The van der Waals surface area contributed by atoms with Crippen LogP contribution in [0.4, 0.5) is 5.82 Å². The highest BCUT2D eigenvalue weighted by atomic mass is 32.2. The summed E-state index contributed by atoms with van der Waals surface area (Å²) >= 11 is 0. The van der Waals surface area contributed by atoms with Crippen LogP contribution in [0.1, 0.15) is 5.56 Å². The van der Waals surface area contributed by atoms with Crippen molar-refractivity contribution in [3.05, 3.63) is 77.7 Å². The topological polar surface area (TPSA) is 75.6 Å². The minimum Gasteiger partial charge on any atom is -0.497 e. The molecule has 0 saturated carbocycles. The zero-order valence-electron chi connectivity index (χ0n) is 17.3. The number of anilines is 1. The molecule has 2 heterocycles. The van der Waals surface area contributed by atoms with Gasteiger partial charge in [0.2, 0.25) is 10.0 Å². The van der Waals surface area contributed by atoms with Gasteiger partial charge in [-0.3, -0.25) is 0 Å². The maximum absolute atomic E-state index is 12.6. The standard InChI is InChI=1S/C23H24N4O3S/c1-30-21-9-7-20(8-10-21)22-11-12-23(25-24-22)26-14-16-27(17-15-26)31(28,29)18-13-19-5-3-2-4-6-19/h2-13,18H,14-17H2,1H3/b18-13-. The first kappa shape index (κ1) is 21.0. The number of hydrogen-bond acceptors (Lipinski definition) is 6. The van der Waals surface area contributed by atoms with E-state index < -0.39 is 10.0 Å². The Morgan fingerprint density at radius 2 is 1.58 bits per heavy atom. The minimum absolute atomic E-state index is 0.406. The van der Waals surface area contributed by atoms with Gasteiger partial charge in [0.15, 0.2) is 5.82 Å². The molecule has 1 aliphatic heterocycles. The van der Waals surface area contributed by atoms with Gasteiger partial charge in [-0.15, -0.1) is 10.2 Å². The summed E-state index contributed by atoms with van der Waals surface area (Å²) < 4.78 is 31.9. The van der Waals surface area contributed by atoms with Crippen LogP contribution in [0.15, 0.2) is 72.1 Å². The number of nitrogens with zero attached hydrogens (tertiary/aromatic N) is 4. The first-order valence-electron chi connectivity index (χ1n) is 10.0. The van der Waals surface area contributed by atoms with E-state index in [4.69, 9.17) is 4.74 Å². The molecule has 160 valence electrons. The highest BCUT2D eigenvalue weighted by Crippen LogP contribution is 2.22. The smallest absolute Gasteiger partial charge is 0.236 e. The molecule has 1 aliphatic rings. The molecule has 1 fully saturated rings. The Hall–Kier alpha value is -3.23. The van der Waals surface area contributed by atoms with E-state index in [1.54, 1.807) is 13.2 Å². The van der Waals surface area contributed by atoms with Crippen molar-refractivity contribution in [3.63, 3.8) is 0 Å². The van der Waals surface area contributed by atoms with Gasteiger partial charge < -0.3 is 9.64 Å². The van der Waals surface area contributed by atoms with Crippen molar-refractivity contribution in [2.24, 2.45) is 0 Å². The van der Waals surface area contributed by atoms with Crippen LogP contribution in [0, 0.1) is 0 Å². The highest BCUT2D eigenvalue weighted by Gasteiger charge is 2.25. The molecule has 8 heteroatoms. The molecule has 0 unspecified atom stereocenters. The van der Waals surface area contributed by atoms with Crippen molar-refractivity contribution in [2.45, 2.75) is 0 Å². The van der Waals surface area contributed by atoms with E-state index in [1.807, 2.05) is 66.7 Å². The molecule has 1 aromatic heterocycles. The molecule has 2 aromatic carbocycles. The molecular formula is C23H24N4O3S. The SMILES string of the molecule is COc1ccc(-c2ccc(N3CCN(S(=O)(=O)/C=C\c4ccccc4)CC3)nn2)cc1. The molecular weight excluding hydrogens is 412 g/mol. The van der Waals surface area contributed by atoms with E-state index in [-0.39, 0.29) is 0 Å². The zero-order valence-corrected chi connectivity index (χ0v) is 18.1. The molecule has 0 bridgehead atoms. The molecule has 0 atom stereocenters. The Morgan fingerprint density at radius 3 is 2.19 bits per heavy atom. The van der Waals surface area contributed by atoms with E-state index in [9.17, 15) is 8.42 Å². The lowest BCUT2D eigenvalue weighted by Crippen LogP contribution is -2.48. The van der Waals surface area contributed by atoms with Crippen LogP contribution in [0.5, 0.6) is 5.75 Å². The van der Waals surface area contributed by atoms with Crippen LogP contribution in [0.3, 0.4) is 0 Å². The second-order valence-electron chi connectivity index (χ2n) is 7.15. The Labute approximate surface area is 182 Å². The lowest BCUT2D eigenvalue weighted by molar-refractivity contribution is 0.388. The molecule has 7 nitrogen and oxygen atoms in total. The minimum atomic E-state index is -3.46. The van der Waals surface area contributed by atoms with Gasteiger partial charge >= 0.3 is 0 Å². The lowest BCUT2D eigenvalue weighted by Gasteiger charge is -2.33. The quantitative estimate of drug-likeness (QED) is 0.590. The monoisotopic (exact) mass is 436 g/mol. The summed E-state index contributed by atoms with van der Waals surface area (Å²) in [6.07, 6.45) is 1.63. The predicted octanol–water partition coefficient (Wildman–Crippen LogP) is 3.27. The average Bonchev–Trinajstić information content (AvgIpc) is 2.84. The van der Waals surface area contributed by atoms with Gasteiger partial charge in [-0.2, -0.15) is 4.31 Å². The molecule has 0 radical (unpaired) electrons. The number of hydrogen-bond donors (Lipinski definition) is 0. The van der Waals surface area contributed by atoms with Gasteiger partial charge in [-0.1, -0.05) is 30.3 Å². The molecule has 4 rings (SSSR count). The van der Waals surface area contributed by atoms with Gasteiger partial charge in [-0.05, 0) is 48.0 Å². The number of aromatic nitrogens is 2. The van der Waals surface area contributed by atoms with E-state index >= 15 is 0 Å². The number of ether oxygens (including phenoxy) is 1. The Morgan fingerprint density at radius 1 is 0.871 bits per heavy atom. The van der Waals surface area contributed by atoms with Crippen molar-refractivity contribution >= 4 is 21.9 Å². The van der Waals surface area contributed by atoms with Crippen molar-refractivity contribution in [3.8, 4) is 17.0 Å². The first-order valence-corrected chi connectivity index (χ1v) is 11.5. The van der Waals surface area contributed by atoms with Gasteiger partial charge in [-0.25, -0.2) is 8.42 Å². The third kappa shape index (κ3) is 5.10. The molecule has 0 amide bonds. The fraction of sp³-hybridized carbons (Fsp3) is 0.217. The number of rotatable bonds is 6. The second kappa shape index (κ2) is 9.28. The largest absolute Gasteiger partial charge is 0.497 e. The van der Waals surface area contributed by atoms with Gasteiger partial charge in [0, 0.05) is 37.2 Å². The van der Waals surface area contributed by atoms with E-state index in [1.165, 1.54) is 9.71 Å². The summed E-state index contributed by atoms with van der Waals surface area (Å²) in [6.45, 7) is 1.94. The highest BCUT2D eigenvalue weighted by molar-refractivity contribution is 7.92. The van der Waals surface area contributed by atoms with Gasteiger partial charge in [0.05, 0.1) is 12.8 Å². The van der Waals surface area contributed by atoms with E-state index in [0.717, 1.165) is 28.4 Å². The van der Waals surface area contributed by atoms with Crippen molar-refractivity contribution in [2.75, 3.05) is 38.2 Å². The number of piperazine rings is 1. The summed E-state index contributed by atoms with van der Waals surface area (Å²) in [7, 11) is -1.82. The third-order valence-electron chi connectivity index (χ3n) is 5.19. The molecule has 1 saturated heterocycles. The zero-order chi connectivity index (χ0) is 21.7. The Bertz CT molecular complexity index is 1120. The van der Waals surface area contributed by atoms with E-state index in [0.29, 0.717) is 26.2 Å². The fourth-order valence-electron chi connectivity index (χ4n) is 3.40. The van der Waals surface area contributed by atoms with Crippen molar-refractivity contribution in [1.82, 2.24) is 14.5 Å². The summed E-state index contributed by atoms with van der Waals surface area (Å²) in [5, 5.41) is 9.96. The molecule has 0 spiro atoms. The summed E-state index contributed by atoms with van der Waals surface area (Å²) in [4.78, 5) is 2.05. The first-order chi connectivity index (χ1) is 15.0. The normalized spacial score (nSPS) is 15.3. The molecule has 3 aromatic rings. The number of benzene rings is 2. The number of sulfonamides is 1. The summed E-state index contributed by atoms with van der Waals surface area (Å²) in [6, 6.07) is 20.9. The van der Waals surface area contributed by atoms with Crippen LogP contribution in [-0.4, -0.2) is 56.2 Å².